The largest absolute Gasteiger partial charge is 0.392 e. The normalized spacial score (nSPS) is 25.3. The van der Waals surface area contributed by atoms with Gasteiger partial charge in [-0.2, -0.15) is 0 Å². The van der Waals surface area contributed by atoms with Gasteiger partial charge in [0.05, 0.1) is 12.1 Å². The number of carbonyl (C=O) groups is 1. The molecule has 0 bridgehead atoms. The fourth-order valence-corrected chi connectivity index (χ4v) is 1.43. The fourth-order valence-electron chi connectivity index (χ4n) is 1.43. The van der Waals surface area contributed by atoms with Crippen LogP contribution in [0.15, 0.2) is 0 Å². The lowest BCUT2D eigenvalue weighted by Gasteiger charge is -2.14. The van der Waals surface area contributed by atoms with Crippen LogP contribution in [0.25, 0.3) is 0 Å². The Morgan fingerprint density at radius 1 is 1.77 bits per heavy atom. The van der Waals surface area contributed by atoms with Gasteiger partial charge < -0.3 is 15.3 Å². The van der Waals surface area contributed by atoms with Crippen molar-refractivity contribution in [3.63, 3.8) is 0 Å². The van der Waals surface area contributed by atoms with Gasteiger partial charge in [-0.05, 0) is 12.8 Å². The Kier molecular flexibility index (Phi) is 3.69. The number of hydrogen-bond donors (Lipinski definition) is 2. The van der Waals surface area contributed by atoms with Crippen molar-refractivity contribution in [2.24, 2.45) is 0 Å². The van der Waals surface area contributed by atoms with Gasteiger partial charge in [-0.1, -0.05) is 6.92 Å². The van der Waals surface area contributed by atoms with Crippen molar-refractivity contribution in [2.75, 3.05) is 20.1 Å². The van der Waals surface area contributed by atoms with Gasteiger partial charge in [-0.3, -0.25) is 4.79 Å². The Morgan fingerprint density at radius 2 is 2.46 bits per heavy atom. The van der Waals surface area contributed by atoms with Crippen LogP contribution in [0.1, 0.15) is 19.8 Å². The molecule has 76 valence electrons. The van der Waals surface area contributed by atoms with Gasteiger partial charge in [0, 0.05) is 20.1 Å². The highest BCUT2D eigenvalue weighted by Gasteiger charge is 2.28. The predicted octanol–water partition coefficient (Wildman–Crippen LogP) is -0.422. The van der Waals surface area contributed by atoms with Crippen molar-refractivity contribution in [1.82, 2.24) is 10.2 Å². The Morgan fingerprint density at radius 3 is 2.92 bits per heavy atom. The highest BCUT2D eigenvalue weighted by atomic mass is 16.3. The molecule has 2 atom stereocenters. The number of rotatable bonds is 4. The Labute approximate surface area is 78.9 Å². The molecule has 1 rings (SSSR count). The molecule has 2 N–H and O–H groups in total. The first kappa shape index (κ1) is 10.5. The average molecular weight is 186 g/mol. The van der Waals surface area contributed by atoms with Gasteiger partial charge >= 0.3 is 0 Å². The number of amides is 1. The summed E-state index contributed by atoms with van der Waals surface area (Å²) < 4.78 is 0. The van der Waals surface area contributed by atoms with Crippen LogP contribution in [0.2, 0.25) is 0 Å². The van der Waals surface area contributed by atoms with Crippen molar-refractivity contribution in [3.8, 4) is 0 Å². The maximum atomic E-state index is 11.4. The zero-order chi connectivity index (χ0) is 9.84. The third-order valence-corrected chi connectivity index (χ3v) is 2.50. The summed E-state index contributed by atoms with van der Waals surface area (Å²) in [6, 6.07) is -0.0776. The second kappa shape index (κ2) is 4.58. The van der Waals surface area contributed by atoms with E-state index in [1.165, 1.54) is 0 Å². The van der Waals surface area contributed by atoms with E-state index in [1.54, 1.807) is 11.9 Å². The van der Waals surface area contributed by atoms with E-state index in [0.29, 0.717) is 6.54 Å². The third kappa shape index (κ3) is 2.67. The summed E-state index contributed by atoms with van der Waals surface area (Å²) in [4.78, 5) is 13.1. The summed E-state index contributed by atoms with van der Waals surface area (Å²) in [5.74, 6) is 0.142. The number of aliphatic hydroxyl groups is 1. The van der Waals surface area contributed by atoms with Crippen molar-refractivity contribution in [3.05, 3.63) is 0 Å². The quantitative estimate of drug-likeness (QED) is 0.627. The monoisotopic (exact) mass is 186 g/mol. The van der Waals surface area contributed by atoms with Crippen molar-refractivity contribution < 1.29 is 9.90 Å². The standard InChI is InChI=1S/C9H18N2O2/c1-3-7(12)6-10-8-4-5-11(2)9(8)13/h7-8,10,12H,3-6H2,1-2H3. The molecular formula is C9H18N2O2. The smallest absolute Gasteiger partial charge is 0.239 e. The molecule has 1 amide bonds. The highest BCUT2D eigenvalue weighted by Crippen LogP contribution is 2.08. The first-order valence-electron chi connectivity index (χ1n) is 4.81. The van der Waals surface area contributed by atoms with E-state index in [0.717, 1.165) is 19.4 Å². The van der Waals surface area contributed by atoms with Crippen LogP contribution in [-0.2, 0) is 4.79 Å². The van der Waals surface area contributed by atoms with E-state index in [4.69, 9.17) is 0 Å². The minimum Gasteiger partial charge on any atom is -0.392 e. The van der Waals surface area contributed by atoms with Crippen LogP contribution in [0.3, 0.4) is 0 Å². The molecule has 4 heteroatoms. The molecule has 0 aromatic heterocycles. The maximum absolute atomic E-state index is 11.4. The first-order valence-corrected chi connectivity index (χ1v) is 4.81. The zero-order valence-electron chi connectivity index (χ0n) is 8.29. The third-order valence-electron chi connectivity index (χ3n) is 2.50. The van der Waals surface area contributed by atoms with Gasteiger partial charge in [0.15, 0.2) is 0 Å². The van der Waals surface area contributed by atoms with E-state index in [-0.39, 0.29) is 18.1 Å². The second-order valence-electron chi connectivity index (χ2n) is 3.57. The Balaban J connectivity index is 2.26. The molecule has 1 fully saturated rings. The molecular weight excluding hydrogens is 168 g/mol. The molecule has 1 aliphatic rings. The molecule has 13 heavy (non-hydrogen) atoms. The molecule has 0 aromatic rings. The van der Waals surface area contributed by atoms with Crippen molar-refractivity contribution in [1.29, 1.82) is 0 Å². The van der Waals surface area contributed by atoms with Gasteiger partial charge in [0.2, 0.25) is 5.91 Å². The van der Waals surface area contributed by atoms with E-state index in [1.807, 2.05) is 6.92 Å². The van der Waals surface area contributed by atoms with Crippen LogP contribution >= 0.6 is 0 Å². The molecule has 1 saturated heterocycles. The Bertz CT molecular complexity index is 184. The molecule has 4 nitrogen and oxygen atoms in total. The number of hydrogen-bond acceptors (Lipinski definition) is 3. The van der Waals surface area contributed by atoms with E-state index in [2.05, 4.69) is 5.32 Å². The van der Waals surface area contributed by atoms with Gasteiger partial charge in [0.25, 0.3) is 0 Å². The zero-order valence-corrected chi connectivity index (χ0v) is 8.29. The molecule has 1 heterocycles. The summed E-state index contributed by atoms with van der Waals surface area (Å²) in [6.45, 7) is 3.26. The number of likely N-dealkylation sites (N-methyl/N-ethyl adjacent to an activating group) is 1. The molecule has 2 unspecified atom stereocenters. The van der Waals surface area contributed by atoms with Crippen LogP contribution in [-0.4, -0.2) is 48.2 Å². The van der Waals surface area contributed by atoms with Gasteiger partial charge in [-0.25, -0.2) is 0 Å². The number of aliphatic hydroxyl groups excluding tert-OH is 1. The fraction of sp³-hybridized carbons (Fsp3) is 0.889. The van der Waals surface area contributed by atoms with Crippen LogP contribution < -0.4 is 5.32 Å². The first-order chi connectivity index (χ1) is 6.15. The summed E-state index contributed by atoms with van der Waals surface area (Å²) in [5.41, 5.74) is 0. The number of nitrogens with one attached hydrogen (secondary N) is 1. The minimum atomic E-state index is -0.335. The molecule has 0 aromatic carbocycles. The summed E-state index contributed by atoms with van der Waals surface area (Å²) in [7, 11) is 1.81. The highest BCUT2D eigenvalue weighted by molar-refractivity contribution is 5.83. The molecule has 0 aliphatic carbocycles. The maximum Gasteiger partial charge on any atom is 0.239 e. The second-order valence-corrected chi connectivity index (χ2v) is 3.57. The van der Waals surface area contributed by atoms with Crippen molar-refractivity contribution in [2.45, 2.75) is 31.9 Å². The number of nitrogens with zero attached hydrogens (tertiary/aromatic N) is 1. The van der Waals surface area contributed by atoms with Crippen LogP contribution in [0.5, 0.6) is 0 Å². The average Bonchev–Trinajstić information content (AvgIpc) is 2.44. The number of likely N-dealkylation sites (tertiary alicyclic amines) is 1. The molecule has 0 saturated carbocycles. The topological polar surface area (TPSA) is 52.6 Å². The summed E-state index contributed by atoms with van der Waals surface area (Å²) in [6.07, 6.45) is 1.24. The SMILES string of the molecule is CCC(O)CNC1CCN(C)C1=O. The van der Waals surface area contributed by atoms with Gasteiger partial charge in [-0.15, -0.1) is 0 Å². The Hall–Kier alpha value is -0.610. The van der Waals surface area contributed by atoms with E-state index < -0.39 is 0 Å². The van der Waals surface area contributed by atoms with Crippen LogP contribution in [0.4, 0.5) is 0 Å². The molecule has 0 spiro atoms. The lowest BCUT2D eigenvalue weighted by molar-refractivity contribution is -0.128. The summed E-state index contributed by atoms with van der Waals surface area (Å²) >= 11 is 0. The minimum absolute atomic E-state index is 0.0776. The number of carbonyl (C=O) groups excluding carboxylic acids is 1. The molecule has 0 radical (unpaired) electrons. The van der Waals surface area contributed by atoms with E-state index >= 15 is 0 Å². The van der Waals surface area contributed by atoms with Gasteiger partial charge in [0.1, 0.15) is 0 Å². The van der Waals surface area contributed by atoms with Crippen LogP contribution in [0, 0.1) is 0 Å². The predicted molar refractivity (Wildman–Crippen MR) is 50.3 cm³/mol. The lowest BCUT2D eigenvalue weighted by atomic mass is 10.2. The molecule has 1 aliphatic heterocycles. The van der Waals surface area contributed by atoms with Crippen molar-refractivity contribution >= 4 is 5.91 Å². The van der Waals surface area contributed by atoms with E-state index in [9.17, 15) is 9.90 Å². The summed E-state index contributed by atoms with van der Waals surface area (Å²) in [5, 5.41) is 12.4. The lowest BCUT2D eigenvalue weighted by Crippen LogP contribution is -2.40.